The number of rotatable bonds is 11. The molecule has 1 atom stereocenters. The maximum absolute atomic E-state index is 5.62. The van der Waals surface area contributed by atoms with Crippen molar-refractivity contribution in [3.63, 3.8) is 0 Å². The van der Waals surface area contributed by atoms with Gasteiger partial charge in [-0.3, -0.25) is 9.89 Å². The van der Waals surface area contributed by atoms with Crippen LogP contribution in [-0.2, 0) is 4.74 Å². The average Bonchev–Trinajstić information content (AvgIpc) is 3.24. The Morgan fingerprint density at radius 2 is 1.93 bits per heavy atom. The Morgan fingerprint density at radius 1 is 1.18 bits per heavy atom. The molecular weight excluding hydrogens is 467 g/mol. The molecule has 1 aromatic carbocycles. The molecule has 7 heteroatoms. The van der Waals surface area contributed by atoms with Crippen LogP contribution in [0.2, 0.25) is 0 Å². The summed E-state index contributed by atoms with van der Waals surface area (Å²) in [6.45, 7) is 7.62. The molecule has 6 nitrogen and oxygen atoms in total. The van der Waals surface area contributed by atoms with Crippen molar-refractivity contribution in [2.45, 2.75) is 38.6 Å². The van der Waals surface area contributed by atoms with E-state index in [1.54, 1.807) is 7.11 Å². The number of benzene rings is 1. The predicted octanol–water partition coefficient (Wildman–Crippen LogP) is 3.43. The summed E-state index contributed by atoms with van der Waals surface area (Å²) in [6, 6.07) is 8.61. The van der Waals surface area contributed by atoms with Crippen LogP contribution >= 0.6 is 24.0 Å². The molecule has 0 saturated carbocycles. The molecule has 1 unspecified atom stereocenters. The summed E-state index contributed by atoms with van der Waals surface area (Å²) in [6.07, 6.45) is 4.66. The van der Waals surface area contributed by atoms with Crippen molar-refractivity contribution in [2.75, 3.05) is 53.6 Å². The molecule has 1 aromatic rings. The fraction of sp³-hybridized carbons (Fsp3) is 0.667. The molecule has 0 bridgehead atoms. The molecule has 1 heterocycles. The number of ether oxygens (including phenoxy) is 2. The molecule has 160 valence electrons. The second-order valence-electron chi connectivity index (χ2n) is 6.78. The van der Waals surface area contributed by atoms with Crippen LogP contribution in [0.15, 0.2) is 29.3 Å². The third-order valence-electron chi connectivity index (χ3n) is 4.98. The van der Waals surface area contributed by atoms with Gasteiger partial charge in [0, 0.05) is 38.9 Å². The molecule has 0 aromatic heterocycles. The highest BCUT2D eigenvalue weighted by atomic mass is 127. The zero-order chi connectivity index (χ0) is 19.3. The van der Waals surface area contributed by atoms with Crippen LogP contribution in [-0.4, -0.2) is 64.4 Å². The molecule has 0 radical (unpaired) electrons. The number of methoxy groups -OCH3 is 1. The molecule has 0 spiro atoms. The zero-order valence-electron chi connectivity index (χ0n) is 17.6. The fourth-order valence-electron chi connectivity index (χ4n) is 3.52. The van der Waals surface area contributed by atoms with Crippen molar-refractivity contribution in [3.8, 4) is 5.75 Å². The van der Waals surface area contributed by atoms with Gasteiger partial charge >= 0.3 is 0 Å². The monoisotopic (exact) mass is 504 g/mol. The van der Waals surface area contributed by atoms with E-state index in [9.17, 15) is 0 Å². The van der Waals surface area contributed by atoms with Crippen LogP contribution in [0.1, 0.15) is 44.2 Å². The van der Waals surface area contributed by atoms with E-state index < -0.39 is 0 Å². The Kier molecular flexibility index (Phi) is 13.3. The Bertz CT molecular complexity index is 565. The highest BCUT2D eigenvalue weighted by molar-refractivity contribution is 14.0. The van der Waals surface area contributed by atoms with Crippen molar-refractivity contribution >= 4 is 29.9 Å². The predicted molar refractivity (Wildman–Crippen MR) is 127 cm³/mol. The lowest BCUT2D eigenvalue weighted by molar-refractivity contribution is 0.143. The molecule has 1 aliphatic heterocycles. The quantitative estimate of drug-likeness (QED) is 0.209. The van der Waals surface area contributed by atoms with Crippen molar-refractivity contribution in [1.82, 2.24) is 15.5 Å². The first-order valence-corrected chi connectivity index (χ1v) is 10.2. The van der Waals surface area contributed by atoms with Crippen LogP contribution in [0.5, 0.6) is 5.75 Å². The van der Waals surface area contributed by atoms with Gasteiger partial charge in [-0.1, -0.05) is 18.2 Å². The summed E-state index contributed by atoms with van der Waals surface area (Å²) >= 11 is 0. The molecule has 28 heavy (non-hydrogen) atoms. The number of guanidine groups is 1. The Hall–Kier alpha value is -1.06. The van der Waals surface area contributed by atoms with Crippen molar-refractivity contribution in [1.29, 1.82) is 0 Å². The summed E-state index contributed by atoms with van der Waals surface area (Å²) in [5.74, 6) is 1.81. The summed E-state index contributed by atoms with van der Waals surface area (Å²) < 4.78 is 11.0. The topological polar surface area (TPSA) is 58.1 Å². The number of aliphatic imine (C=N–C) groups is 1. The van der Waals surface area contributed by atoms with Crippen LogP contribution in [0.3, 0.4) is 0 Å². The molecule has 0 aliphatic carbocycles. The first-order chi connectivity index (χ1) is 13.3. The summed E-state index contributed by atoms with van der Waals surface area (Å²) in [7, 11) is 3.57. The molecule has 1 fully saturated rings. The van der Waals surface area contributed by atoms with Crippen LogP contribution in [0.4, 0.5) is 0 Å². The van der Waals surface area contributed by atoms with Gasteiger partial charge in [0.15, 0.2) is 5.96 Å². The minimum atomic E-state index is 0. The standard InChI is InChI=1S/C21H36N4O2.HI/c1-4-27-16-10-7-13-23-21(22-2)24-17-19(25-14-8-9-15-25)18-11-5-6-12-20(18)26-3;/h5-6,11-12,19H,4,7-10,13-17H2,1-3H3,(H2,22,23,24);1H. The molecule has 1 aliphatic rings. The van der Waals surface area contributed by atoms with Gasteiger partial charge in [0.1, 0.15) is 5.75 Å². The minimum absolute atomic E-state index is 0. The molecular formula is C21H37IN4O2. The maximum Gasteiger partial charge on any atom is 0.191 e. The second kappa shape index (κ2) is 14.9. The van der Waals surface area contributed by atoms with Crippen molar-refractivity contribution < 1.29 is 9.47 Å². The molecule has 2 rings (SSSR count). The lowest BCUT2D eigenvalue weighted by Gasteiger charge is -2.30. The number of nitrogens with one attached hydrogen (secondary N) is 2. The summed E-state index contributed by atoms with van der Waals surface area (Å²) in [5, 5.41) is 6.91. The van der Waals surface area contributed by atoms with Gasteiger partial charge in [0.25, 0.3) is 0 Å². The minimum Gasteiger partial charge on any atom is -0.496 e. The average molecular weight is 504 g/mol. The second-order valence-corrected chi connectivity index (χ2v) is 6.78. The maximum atomic E-state index is 5.62. The Balaban J connectivity index is 0.00000392. The lowest BCUT2D eigenvalue weighted by Crippen LogP contribution is -2.43. The van der Waals surface area contributed by atoms with Crippen molar-refractivity contribution in [2.24, 2.45) is 4.99 Å². The third kappa shape index (κ3) is 8.13. The molecule has 1 saturated heterocycles. The number of halogens is 1. The first-order valence-electron chi connectivity index (χ1n) is 10.2. The lowest BCUT2D eigenvalue weighted by atomic mass is 10.0. The Morgan fingerprint density at radius 3 is 2.61 bits per heavy atom. The van der Waals surface area contributed by atoms with Gasteiger partial charge in [0.2, 0.25) is 0 Å². The molecule has 0 amide bonds. The fourth-order valence-corrected chi connectivity index (χ4v) is 3.52. The number of nitrogens with zero attached hydrogens (tertiary/aromatic N) is 2. The largest absolute Gasteiger partial charge is 0.496 e. The van der Waals surface area contributed by atoms with Gasteiger partial charge < -0.3 is 20.1 Å². The van der Waals surface area contributed by atoms with Gasteiger partial charge in [-0.25, -0.2) is 0 Å². The van der Waals surface area contributed by atoms with Gasteiger partial charge in [0.05, 0.1) is 13.2 Å². The number of unbranched alkanes of at least 4 members (excludes halogenated alkanes) is 1. The third-order valence-corrected chi connectivity index (χ3v) is 4.98. The first kappa shape index (κ1) is 25.0. The van der Waals surface area contributed by atoms with Gasteiger partial charge in [-0.2, -0.15) is 0 Å². The van der Waals surface area contributed by atoms with E-state index in [1.165, 1.54) is 18.4 Å². The summed E-state index contributed by atoms with van der Waals surface area (Å²) in [5.41, 5.74) is 1.24. The van der Waals surface area contributed by atoms with Crippen molar-refractivity contribution in [3.05, 3.63) is 29.8 Å². The SMILES string of the molecule is CCOCCCCNC(=NC)NCC(c1ccccc1OC)N1CCCC1.I. The number of hydrogen-bond donors (Lipinski definition) is 2. The van der Waals surface area contributed by atoms with Gasteiger partial charge in [-0.15, -0.1) is 24.0 Å². The van der Waals surface area contributed by atoms with Crippen LogP contribution < -0.4 is 15.4 Å². The number of para-hydroxylation sites is 1. The highest BCUT2D eigenvalue weighted by Crippen LogP contribution is 2.31. The van der Waals surface area contributed by atoms with E-state index >= 15 is 0 Å². The number of likely N-dealkylation sites (tertiary alicyclic amines) is 1. The van der Waals surface area contributed by atoms with Gasteiger partial charge in [-0.05, 0) is 51.8 Å². The Labute approximate surface area is 187 Å². The molecule has 2 N–H and O–H groups in total. The van der Waals surface area contributed by atoms with Crippen LogP contribution in [0.25, 0.3) is 0 Å². The van der Waals surface area contributed by atoms with E-state index in [0.29, 0.717) is 0 Å². The summed E-state index contributed by atoms with van der Waals surface area (Å²) in [4.78, 5) is 6.91. The van der Waals surface area contributed by atoms with E-state index in [-0.39, 0.29) is 30.0 Å². The zero-order valence-corrected chi connectivity index (χ0v) is 19.9. The van der Waals surface area contributed by atoms with E-state index in [4.69, 9.17) is 9.47 Å². The smallest absolute Gasteiger partial charge is 0.191 e. The van der Waals surface area contributed by atoms with E-state index in [1.807, 2.05) is 26.1 Å². The normalized spacial score (nSPS) is 15.8. The van der Waals surface area contributed by atoms with Crippen LogP contribution in [0, 0.1) is 0 Å². The highest BCUT2D eigenvalue weighted by Gasteiger charge is 2.25. The van der Waals surface area contributed by atoms with E-state index in [2.05, 4.69) is 32.7 Å². The van der Waals surface area contributed by atoms with E-state index in [0.717, 1.165) is 63.9 Å². The number of hydrogen-bond acceptors (Lipinski definition) is 4.